The van der Waals surface area contributed by atoms with Crippen LogP contribution in [0.25, 0.3) is 0 Å². The van der Waals surface area contributed by atoms with Crippen LogP contribution in [0.4, 0.5) is 5.69 Å². The Balaban J connectivity index is 2.82. The number of nitrogen functional groups attached to an aromatic ring is 1. The summed E-state index contributed by atoms with van der Waals surface area (Å²) in [6.45, 7) is 5.55. The monoisotopic (exact) mass is 224 g/mol. The van der Waals surface area contributed by atoms with E-state index in [1.165, 1.54) is 0 Å². The molecular weight excluding hydrogens is 212 g/mol. The van der Waals surface area contributed by atoms with Crippen molar-refractivity contribution in [2.75, 3.05) is 12.3 Å². The molecule has 0 bridgehead atoms. The number of carbonyl (C=O) groups excluding carboxylic acids is 1. The van der Waals surface area contributed by atoms with E-state index in [1.807, 2.05) is 0 Å². The van der Waals surface area contributed by atoms with Gasteiger partial charge >= 0.3 is 0 Å². The van der Waals surface area contributed by atoms with Gasteiger partial charge in [-0.15, -0.1) is 0 Å². The maximum atomic E-state index is 11.7. The maximum Gasteiger partial charge on any atom is 0.251 e. The molecule has 3 nitrogen and oxygen atoms in total. The van der Waals surface area contributed by atoms with E-state index >= 15 is 0 Å². The molecule has 0 radical (unpaired) electrons. The Hall–Kier alpha value is -1.48. The molecule has 1 aromatic rings. The topological polar surface area (TPSA) is 55.1 Å². The predicted molar refractivity (Wildman–Crippen MR) is 62.9 cm³/mol. The lowest BCUT2D eigenvalue weighted by atomic mass is 10.1. The van der Waals surface area contributed by atoms with Crippen LogP contribution in [-0.4, -0.2) is 12.5 Å². The lowest BCUT2D eigenvalue weighted by Crippen LogP contribution is -2.25. The Morgan fingerprint density at radius 2 is 2.27 bits per heavy atom. The van der Waals surface area contributed by atoms with Crippen molar-refractivity contribution in [2.45, 2.75) is 6.92 Å². The first-order valence-corrected chi connectivity index (χ1v) is 4.86. The molecule has 0 aliphatic heterocycles. The summed E-state index contributed by atoms with van der Waals surface area (Å²) >= 11 is 5.55. The molecular formula is C11H13ClN2O. The highest BCUT2D eigenvalue weighted by atomic mass is 35.5. The molecule has 80 valence electrons. The minimum atomic E-state index is -0.193. The molecule has 0 aliphatic carbocycles. The van der Waals surface area contributed by atoms with E-state index in [0.717, 1.165) is 5.56 Å². The molecule has 1 aromatic carbocycles. The first-order chi connectivity index (χ1) is 7.02. The maximum absolute atomic E-state index is 11.7. The number of amides is 1. The summed E-state index contributed by atoms with van der Waals surface area (Å²) in [5, 5.41) is 3.03. The van der Waals surface area contributed by atoms with E-state index in [4.69, 9.17) is 17.3 Å². The number of nitrogens with one attached hydrogen (secondary N) is 1. The van der Waals surface area contributed by atoms with Crippen LogP contribution < -0.4 is 11.1 Å². The van der Waals surface area contributed by atoms with E-state index in [1.54, 1.807) is 25.1 Å². The summed E-state index contributed by atoms with van der Waals surface area (Å²) in [4.78, 5) is 11.7. The number of carbonyl (C=O) groups is 1. The van der Waals surface area contributed by atoms with Gasteiger partial charge in [-0.2, -0.15) is 0 Å². The van der Waals surface area contributed by atoms with Crippen LogP contribution in [0.1, 0.15) is 15.9 Å². The fourth-order valence-electron chi connectivity index (χ4n) is 1.17. The van der Waals surface area contributed by atoms with Crippen LogP contribution in [-0.2, 0) is 0 Å². The summed E-state index contributed by atoms with van der Waals surface area (Å²) in [6.07, 6.45) is 0. The van der Waals surface area contributed by atoms with E-state index in [-0.39, 0.29) is 12.5 Å². The van der Waals surface area contributed by atoms with Gasteiger partial charge in [0.2, 0.25) is 0 Å². The van der Waals surface area contributed by atoms with Crippen LogP contribution in [0.15, 0.2) is 29.8 Å². The molecule has 0 aromatic heterocycles. The van der Waals surface area contributed by atoms with Gasteiger partial charge in [-0.1, -0.05) is 24.2 Å². The third-order valence-corrected chi connectivity index (χ3v) is 2.19. The molecule has 0 atom stereocenters. The molecule has 0 saturated heterocycles. The van der Waals surface area contributed by atoms with E-state index < -0.39 is 0 Å². The highest BCUT2D eigenvalue weighted by Gasteiger charge is 2.09. The van der Waals surface area contributed by atoms with Crippen molar-refractivity contribution in [3.63, 3.8) is 0 Å². The van der Waals surface area contributed by atoms with Gasteiger partial charge < -0.3 is 11.1 Å². The molecule has 1 rings (SSSR count). The van der Waals surface area contributed by atoms with Crippen LogP contribution in [0.5, 0.6) is 0 Å². The van der Waals surface area contributed by atoms with E-state index in [2.05, 4.69) is 11.9 Å². The number of rotatable bonds is 3. The van der Waals surface area contributed by atoms with Crippen LogP contribution in [0, 0.1) is 6.92 Å². The van der Waals surface area contributed by atoms with Gasteiger partial charge in [-0.3, -0.25) is 4.79 Å². The number of nitrogens with two attached hydrogens (primary N) is 1. The summed E-state index contributed by atoms with van der Waals surface area (Å²) in [5.74, 6) is -0.193. The normalized spacial score (nSPS) is 9.73. The van der Waals surface area contributed by atoms with Gasteiger partial charge in [0.05, 0.1) is 6.54 Å². The SMILES string of the molecule is C=C(Cl)CNC(=O)c1cccc(N)c1C. The largest absolute Gasteiger partial charge is 0.398 e. The molecule has 0 spiro atoms. The zero-order chi connectivity index (χ0) is 11.4. The first kappa shape index (κ1) is 11.6. The van der Waals surface area contributed by atoms with Crippen molar-refractivity contribution in [2.24, 2.45) is 0 Å². The Morgan fingerprint density at radius 3 is 2.87 bits per heavy atom. The van der Waals surface area contributed by atoms with Gasteiger partial charge in [-0.05, 0) is 24.6 Å². The molecule has 1 amide bonds. The van der Waals surface area contributed by atoms with Gasteiger partial charge in [0.15, 0.2) is 0 Å². The van der Waals surface area contributed by atoms with Gasteiger partial charge in [0.1, 0.15) is 0 Å². The van der Waals surface area contributed by atoms with Crippen molar-refractivity contribution in [3.8, 4) is 0 Å². The Labute approximate surface area is 93.9 Å². The van der Waals surface area contributed by atoms with Crippen molar-refractivity contribution in [1.82, 2.24) is 5.32 Å². The summed E-state index contributed by atoms with van der Waals surface area (Å²) < 4.78 is 0. The first-order valence-electron chi connectivity index (χ1n) is 4.49. The van der Waals surface area contributed by atoms with Crippen molar-refractivity contribution < 1.29 is 4.79 Å². The van der Waals surface area contributed by atoms with Gasteiger partial charge in [-0.25, -0.2) is 0 Å². The predicted octanol–water partition coefficient (Wildman–Crippen LogP) is 2.06. The minimum Gasteiger partial charge on any atom is -0.398 e. The molecule has 0 unspecified atom stereocenters. The Kier molecular flexibility index (Phi) is 3.74. The zero-order valence-corrected chi connectivity index (χ0v) is 9.27. The van der Waals surface area contributed by atoms with Gasteiger partial charge in [0, 0.05) is 16.3 Å². The molecule has 0 saturated carbocycles. The molecule has 4 heteroatoms. The molecule has 3 N–H and O–H groups in total. The number of hydrogen-bond acceptors (Lipinski definition) is 2. The number of hydrogen-bond donors (Lipinski definition) is 2. The quantitative estimate of drug-likeness (QED) is 0.773. The second-order valence-corrected chi connectivity index (χ2v) is 3.75. The van der Waals surface area contributed by atoms with E-state index in [9.17, 15) is 4.79 Å². The lowest BCUT2D eigenvalue weighted by molar-refractivity contribution is 0.0957. The summed E-state index contributed by atoms with van der Waals surface area (Å²) in [5.41, 5.74) is 7.63. The standard InChI is InChI=1S/C11H13ClN2O/c1-7(12)6-14-11(15)9-4-3-5-10(13)8(9)2/h3-5H,1,6,13H2,2H3,(H,14,15). The number of anilines is 1. The third kappa shape index (κ3) is 2.99. The van der Waals surface area contributed by atoms with E-state index in [0.29, 0.717) is 16.3 Å². The fraction of sp³-hybridized carbons (Fsp3) is 0.182. The molecule has 0 heterocycles. The number of halogens is 1. The third-order valence-electron chi connectivity index (χ3n) is 2.06. The molecule has 0 fully saturated rings. The van der Waals surface area contributed by atoms with Crippen LogP contribution in [0.3, 0.4) is 0 Å². The minimum absolute atomic E-state index is 0.193. The summed E-state index contributed by atoms with van der Waals surface area (Å²) in [6, 6.07) is 5.22. The van der Waals surface area contributed by atoms with Crippen molar-refractivity contribution in [1.29, 1.82) is 0 Å². The van der Waals surface area contributed by atoms with Crippen molar-refractivity contribution in [3.05, 3.63) is 40.9 Å². The fourth-order valence-corrected chi connectivity index (χ4v) is 1.24. The number of benzene rings is 1. The smallest absolute Gasteiger partial charge is 0.251 e. The molecule has 15 heavy (non-hydrogen) atoms. The lowest BCUT2D eigenvalue weighted by Gasteiger charge is -2.08. The Bertz CT molecular complexity index is 402. The summed E-state index contributed by atoms with van der Waals surface area (Å²) in [7, 11) is 0. The average molecular weight is 225 g/mol. The van der Waals surface area contributed by atoms with Gasteiger partial charge in [0.25, 0.3) is 5.91 Å². The highest BCUT2D eigenvalue weighted by Crippen LogP contribution is 2.15. The highest BCUT2D eigenvalue weighted by molar-refractivity contribution is 6.29. The average Bonchev–Trinajstić information content (AvgIpc) is 2.18. The molecule has 0 aliphatic rings. The second kappa shape index (κ2) is 4.84. The Morgan fingerprint density at radius 1 is 1.60 bits per heavy atom. The second-order valence-electron chi connectivity index (χ2n) is 3.22. The van der Waals surface area contributed by atoms with Crippen LogP contribution in [0.2, 0.25) is 0 Å². The van der Waals surface area contributed by atoms with Crippen molar-refractivity contribution >= 4 is 23.2 Å². The van der Waals surface area contributed by atoms with Crippen LogP contribution >= 0.6 is 11.6 Å². The zero-order valence-electron chi connectivity index (χ0n) is 8.51.